The van der Waals surface area contributed by atoms with E-state index in [1.54, 1.807) is 30.0 Å². The number of ether oxygens (including phenoxy) is 3. The van der Waals surface area contributed by atoms with E-state index in [1.165, 1.54) is 6.07 Å². The molecule has 1 heterocycles. The molecule has 1 N–H and O–H groups in total. The quantitative estimate of drug-likeness (QED) is 0.360. The van der Waals surface area contributed by atoms with E-state index in [0.717, 1.165) is 16.9 Å². The molecule has 7 nitrogen and oxygen atoms in total. The predicted molar refractivity (Wildman–Crippen MR) is 134 cm³/mol. The van der Waals surface area contributed by atoms with Crippen molar-refractivity contribution in [3.63, 3.8) is 0 Å². The van der Waals surface area contributed by atoms with Gasteiger partial charge in [0.15, 0.2) is 11.6 Å². The number of halogens is 1. The molecule has 0 aliphatic rings. The maximum atomic E-state index is 14.6. The third-order valence-corrected chi connectivity index (χ3v) is 5.48. The molecule has 0 radical (unpaired) electrons. The summed E-state index contributed by atoms with van der Waals surface area (Å²) in [5, 5.41) is 15.4. The van der Waals surface area contributed by atoms with Gasteiger partial charge in [0.25, 0.3) is 0 Å². The molecular formula is C27H36FN3O4. The third kappa shape index (κ3) is 7.60. The molecular weight excluding hydrogens is 449 g/mol. The fourth-order valence-electron chi connectivity index (χ4n) is 3.73. The van der Waals surface area contributed by atoms with Crippen molar-refractivity contribution >= 4 is 0 Å². The van der Waals surface area contributed by atoms with E-state index in [1.807, 2.05) is 51.1 Å². The first-order valence-corrected chi connectivity index (χ1v) is 12.0. The molecule has 0 saturated carbocycles. The Hall–Kier alpha value is -2.78. The number of rotatable bonds is 14. The Kier molecular flexibility index (Phi) is 10.2. The highest BCUT2D eigenvalue weighted by atomic mass is 19.1. The number of aromatic nitrogens is 2. The van der Waals surface area contributed by atoms with Gasteiger partial charge in [0.2, 0.25) is 5.88 Å². The van der Waals surface area contributed by atoms with Gasteiger partial charge in [-0.1, -0.05) is 37.3 Å². The number of methoxy groups -OCH3 is 1. The van der Waals surface area contributed by atoms with Crippen LogP contribution in [0.3, 0.4) is 0 Å². The Bertz CT molecular complexity index is 1040. The zero-order valence-electron chi connectivity index (χ0n) is 21.0. The van der Waals surface area contributed by atoms with Crippen molar-refractivity contribution in [2.75, 3.05) is 33.4 Å². The Morgan fingerprint density at radius 2 is 1.80 bits per heavy atom. The fraction of sp³-hybridized carbons (Fsp3) is 0.444. The summed E-state index contributed by atoms with van der Waals surface area (Å²) in [5.41, 5.74) is 2.50. The predicted octanol–water partition coefficient (Wildman–Crippen LogP) is 4.60. The van der Waals surface area contributed by atoms with Gasteiger partial charge in [-0.25, -0.2) is 9.07 Å². The summed E-state index contributed by atoms with van der Waals surface area (Å²) in [6.07, 6.45) is 0.0352. The SMILES string of the molecule is CCc1nn(-c2ccccc2)c(Oc2ccccc2F)c1CN(CCOC)CC(O)COC(C)C. The molecule has 3 rings (SSSR count). The van der Waals surface area contributed by atoms with Crippen molar-refractivity contribution in [1.29, 1.82) is 0 Å². The minimum Gasteiger partial charge on any atom is -0.435 e. The first kappa shape index (κ1) is 26.8. The number of hydrogen-bond acceptors (Lipinski definition) is 6. The first-order chi connectivity index (χ1) is 16.9. The smallest absolute Gasteiger partial charge is 0.227 e. The lowest BCUT2D eigenvalue weighted by molar-refractivity contribution is -0.0122. The van der Waals surface area contributed by atoms with E-state index in [0.29, 0.717) is 38.5 Å². The Labute approximate surface area is 207 Å². The van der Waals surface area contributed by atoms with E-state index in [4.69, 9.17) is 19.3 Å². The highest BCUT2D eigenvalue weighted by Gasteiger charge is 2.24. The van der Waals surface area contributed by atoms with E-state index in [2.05, 4.69) is 4.90 Å². The van der Waals surface area contributed by atoms with E-state index < -0.39 is 11.9 Å². The van der Waals surface area contributed by atoms with Gasteiger partial charge in [0, 0.05) is 26.7 Å². The van der Waals surface area contributed by atoms with Gasteiger partial charge in [-0.05, 0) is 44.5 Å². The summed E-state index contributed by atoms with van der Waals surface area (Å²) in [4.78, 5) is 2.08. The molecule has 0 bridgehead atoms. The van der Waals surface area contributed by atoms with Crippen molar-refractivity contribution in [2.45, 2.75) is 45.9 Å². The van der Waals surface area contributed by atoms with E-state index in [9.17, 15) is 9.50 Å². The average Bonchev–Trinajstić information content (AvgIpc) is 3.20. The normalized spacial score (nSPS) is 12.5. The van der Waals surface area contributed by atoms with Gasteiger partial charge < -0.3 is 19.3 Å². The zero-order valence-corrected chi connectivity index (χ0v) is 21.0. The van der Waals surface area contributed by atoms with Crippen LogP contribution in [0.5, 0.6) is 11.6 Å². The Morgan fingerprint density at radius 3 is 2.46 bits per heavy atom. The molecule has 0 saturated heterocycles. The van der Waals surface area contributed by atoms with Crippen LogP contribution in [-0.4, -0.2) is 65.4 Å². The molecule has 1 unspecified atom stereocenters. The lowest BCUT2D eigenvalue weighted by atomic mass is 10.1. The maximum Gasteiger partial charge on any atom is 0.227 e. The molecule has 0 aliphatic carbocycles. The summed E-state index contributed by atoms with van der Waals surface area (Å²) in [7, 11) is 1.65. The Morgan fingerprint density at radius 1 is 1.09 bits per heavy atom. The summed E-state index contributed by atoms with van der Waals surface area (Å²) in [5.74, 6) is 0.130. The molecule has 3 aromatic rings. The molecule has 1 atom stereocenters. The van der Waals surface area contributed by atoms with Crippen molar-refractivity contribution in [3.05, 3.63) is 71.7 Å². The second-order valence-electron chi connectivity index (χ2n) is 8.63. The van der Waals surface area contributed by atoms with Crippen molar-refractivity contribution < 1.29 is 23.7 Å². The largest absolute Gasteiger partial charge is 0.435 e. The summed E-state index contributed by atoms with van der Waals surface area (Å²) < 4.78 is 33.3. The molecule has 190 valence electrons. The van der Waals surface area contributed by atoms with Crippen LogP contribution in [0.1, 0.15) is 32.0 Å². The van der Waals surface area contributed by atoms with Gasteiger partial charge in [-0.15, -0.1) is 0 Å². The van der Waals surface area contributed by atoms with Crippen LogP contribution < -0.4 is 4.74 Å². The van der Waals surface area contributed by atoms with Crippen LogP contribution in [0.25, 0.3) is 5.69 Å². The van der Waals surface area contributed by atoms with Crippen LogP contribution in [-0.2, 0) is 22.4 Å². The molecule has 0 fully saturated rings. The minimum absolute atomic E-state index is 0.0358. The summed E-state index contributed by atoms with van der Waals surface area (Å²) >= 11 is 0. The number of hydrogen-bond donors (Lipinski definition) is 1. The van der Waals surface area contributed by atoms with Gasteiger partial charge in [0.1, 0.15) is 0 Å². The van der Waals surface area contributed by atoms with Crippen LogP contribution in [0.2, 0.25) is 0 Å². The van der Waals surface area contributed by atoms with Crippen molar-refractivity contribution in [1.82, 2.24) is 14.7 Å². The lowest BCUT2D eigenvalue weighted by Gasteiger charge is -2.25. The highest BCUT2D eigenvalue weighted by Crippen LogP contribution is 2.33. The second-order valence-corrected chi connectivity index (χ2v) is 8.63. The van der Waals surface area contributed by atoms with Gasteiger partial charge in [-0.2, -0.15) is 5.10 Å². The molecule has 2 aromatic carbocycles. The maximum absolute atomic E-state index is 14.6. The molecule has 0 aliphatic heterocycles. The molecule has 0 spiro atoms. The number of nitrogens with zero attached hydrogens (tertiary/aromatic N) is 3. The van der Waals surface area contributed by atoms with Crippen LogP contribution >= 0.6 is 0 Å². The number of aliphatic hydroxyl groups is 1. The summed E-state index contributed by atoms with van der Waals surface area (Å²) in [6.45, 7) is 8.06. The monoisotopic (exact) mass is 485 g/mol. The number of aryl methyl sites for hydroxylation is 1. The van der Waals surface area contributed by atoms with E-state index in [-0.39, 0.29) is 18.5 Å². The molecule has 8 heteroatoms. The van der Waals surface area contributed by atoms with Gasteiger partial charge >= 0.3 is 0 Å². The minimum atomic E-state index is -0.667. The zero-order chi connectivity index (χ0) is 25.2. The van der Waals surface area contributed by atoms with Crippen LogP contribution in [0.15, 0.2) is 54.6 Å². The second kappa shape index (κ2) is 13.3. The number of aliphatic hydroxyl groups excluding tert-OH is 1. The fourth-order valence-corrected chi connectivity index (χ4v) is 3.73. The van der Waals surface area contributed by atoms with Gasteiger partial charge in [0.05, 0.1) is 42.4 Å². The lowest BCUT2D eigenvalue weighted by Crippen LogP contribution is -2.37. The summed E-state index contributed by atoms with van der Waals surface area (Å²) in [6, 6.07) is 16.0. The first-order valence-electron chi connectivity index (χ1n) is 12.0. The topological polar surface area (TPSA) is 69.0 Å². The number of benzene rings is 2. The van der Waals surface area contributed by atoms with Crippen molar-refractivity contribution in [3.8, 4) is 17.3 Å². The standard InChI is InChI=1S/C27H36FN3O4/c1-5-25-23(18-30(15-16-33-4)17-22(32)19-34-20(2)3)27(35-26-14-10-9-13-24(26)28)31(29-25)21-11-7-6-8-12-21/h6-14,20,22,32H,5,15-19H2,1-4H3. The highest BCUT2D eigenvalue weighted by molar-refractivity contribution is 5.44. The van der Waals surface area contributed by atoms with Crippen LogP contribution in [0.4, 0.5) is 4.39 Å². The van der Waals surface area contributed by atoms with Gasteiger partial charge in [-0.3, -0.25) is 4.90 Å². The van der Waals surface area contributed by atoms with E-state index >= 15 is 0 Å². The third-order valence-electron chi connectivity index (χ3n) is 5.48. The molecule has 35 heavy (non-hydrogen) atoms. The van der Waals surface area contributed by atoms with Crippen LogP contribution in [0, 0.1) is 5.82 Å². The molecule has 1 aromatic heterocycles. The van der Waals surface area contributed by atoms with Crippen molar-refractivity contribution in [2.24, 2.45) is 0 Å². The Balaban J connectivity index is 1.98. The number of para-hydroxylation sites is 2. The average molecular weight is 486 g/mol. The molecule has 0 amide bonds.